The monoisotopic (exact) mass is 299 g/mol. The topological polar surface area (TPSA) is 68.0 Å². The molecule has 1 heterocycles. The van der Waals surface area contributed by atoms with Crippen molar-refractivity contribution in [1.82, 2.24) is 4.98 Å². The fourth-order valence-corrected chi connectivity index (χ4v) is 2.44. The minimum absolute atomic E-state index is 0.299. The molecule has 2 aromatic rings. The number of aromatic nitrogens is 1. The molecule has 22 heavy (non-hydrogen) atoms. The highest BCUT2D eigenvalue weighted by Gasteiger charge is 2.43. The summed E-state index contributed by atoms with van der Waals surface area (Å²) >= 11 is 0. The summed E-state index contributed by atoms with van der Waals surface area (Å²) in [7, 11) is 0. The molecule has 0 radical (unpaired) electrons. The summed E-state index contributed by atoms with van der Waals surface area (Å²) in [6.07, 6.45) is 0.942. The zero-order chi connectivity index (χ0) is 15.7. The van der Waals surface area contributed by atoms with E-state index in [0.29, 0.717) is 18.8 Å². The Morgan fingerprint density at radius 1 is 1.36 bits per heavy atom. The molecule has 1 aromatic heterocycles. The molecule has 4 nitrogen and oxygen atoms in total. The molecular formula is C17H18FN3O. The van der Waals surface area contributed by atoms with Crippen LogP contribution in [0.3, 0.4) is 0 Å². The third-order valence-electron chi connectivity index (χ3n) is 3.96. The van der Waals surface area contributed by atoms with Gasteiger partial charge in [-0.3, -0.25) is 4.79 Å². The summed E-state index contributed by atoms with van der Waals surface area (Å²) < 4.78 is 12.9. The zero-order valence-corrected chi connectivity index (χ0v) is 12.3. The highest BCUT2D eigenvalue weighted by atomic mass is 19.1. The van der Waals surface area contributed by atoms with Crippen molar-refractivity contribution in [1.29, 1.82) is 0 Å². The number of halogens is 1. The number of carbonyl (C=O) groups is 1. The Balaban J connectivity index is 1.81. The molecule has 1 aromatic carbocycles. The number of hydrogen-bond acceptors (Lipinski definition) is 3. The normalized spacial score (nSPS) is 19.8. The number of benzene rings is 1. The van der Waals surface area contributed by atoms with Crippen LogP contribution in [0.1, 0.15) is 17.5 Å². The van der Waals surface area contributed by atoms with E-state index in [4.69, 9.17) is 5.73 Å². The number of alkyl halides is 1. The van der Waals surface area contributed by atoms with Gasteiger partial charge in [-0.05, 0) is 47.7 Å². The first-order valence-corrected chi connectivity index (χ1v) is 7.29. The zero-order valence-electron chi connectivity index (χ0n) is 12.3. The Bertz CT molecular complexity index is 717. The van der Waals surface area contributed by atoms with Crippen LogP contribution < -0.4 is 11.1 Å². The average molecular weight is 299 g/mol. The van der Waals surface area contributed by atoms with Crippen molar-refractivity contribution in [3.63, 3.8) is 0 Å². The Kier molecular flexibility index (Phi) is 3.90. The first-order valence-electron chi connectivity index (χ1n) is 7.29. The van der Waals surface area contributed by atoms with E-state index >= 15 is 0 Å². The molecule has 1 fully saturated rings. The number of carbonyl (C=O) groups excluding carboxylic acids is 1. The number of amides is 1. The number of nitrogens with one attached hydrogen (secondary N) is 1. The minimum atomic E-state index is -1.00. The lowest BCUT2D eigenvalue weighted by atomic mass is 10.0. The molecule has 5 heteroatoms. The first kappa shape index (κ1) is 14.7. The van der Waals surface area contributed by atoms with E-state index in [1.165, 1.54) is 0 Å². The summed E-state index contributed by atoms with van der Waals surface area (Å²) in [5.74, 6) is -0.370. The van der Waals surface area contributed by atoms with E-state index in [2.05, 4.69) is 16.4 Å². The van der Waals surface area contributed by atoms with Gasteiger partial charge in [-0.25, -0.2) is 9.37 Å². The molecule has 0 unspecified atom stereocenters. The van der Waals surface area contributed by atoms with Crippen molar-refractivity contribution < 1.29 is 9.18 Å². The van der Waals surface area contributed by atoms with Crippen LogP contribution in [-0.4, -0.2) is 17.1 Å². The lowest BCUT2D eigenvalue weighted by Gasteiger charge is -2.09. The van der Waals surface area contributed by atoms with Crippen molar-refractivity contribution >= 4 is 11.7 Å². The Labute approximate surface area is 128 Å². The molecule has 0 bridgehead atoms. The fraction of sp³-hybridized carbons (Fsp3) is 0.294. The van der Waals surface area contributed by atoms with Gasteiger partial charge in [0.05, 0.1) is 5.92 Å². The molecule has 1 aliphatic rings. The Hall–Kier alpha value is -2.27. The van der Waals surface area contributed by atoms with Gasteiger partial charge in [0.15, 0.2) is 0 Å². The van der Waals surface area contributed by atoms with Crippen molar-refractivity contribution in [3.05, 3.63) is 47.7 Å². The van der Waals surface area contributed by atoms with Crippen molar-refractivity contribution in [2.45, 2.75) is 26.1 Å². The van der Waals surface area contributed by atoms with Gasteiger partial charge in [0.2, 0.25) is 5.91 Å². The van der Waals surface area contributed by atoms with Crippen molar-refractivity contribution in [3.8, 4) is 11.1 Å². The number of aryl methyl sites for hydroxylation is 1. The van der Waals surface area contributed by atoms with Gasteiger partial charge < -0.3 is 11.1 Å². The number of nitrogens with zero attached hydrogens (tertiary/aromatic N) is 1. The van der Waals surface area contributed by atoms with E-state index in [9.17, 15) is 9.18 Å². The maximum Gasteiger partial charge on any atom is 0.231 e. The molecule has 1 amide bonds. The summed E-state index contributed by atoms with van der Waals surface area (Å²) in [6, 6.07) is 9.73. The number of pyridine rings is 1. The molecule has 0 aliphatic heterocycles. The third kappa shape index (κ3) is 2.99. The molecule has 0 spiro atoms. The number of hydrogen-bond donors (Lipinski definition) is 2. The van der Waals surface area contributed by atoms with Crippen LogP contribution in [0.2, 0.25) is 0 Å². The van der Waals surface area contributed by atoms with Gasteiger partial charge in [0, 0.05) is 12.7 Å². The maximum absolute atomic E-state index is 12.9. The van der Waals surface area contributed by atoms with Crippen LogP contribution in [0.4, 0.5) is 10.2 Å². The minimum Gasteiger partial charge on any atom is -0.326 e. The van der Waals surface area contributed by atoms with E-state index in [-0.39, 0.29) is 5.91 Å². The van der Waals surface area contributed by atoms with E-state index < -0.39 is 12.1 Å². The van der Waals surface area contributed by atoms with E-state index in [1.807, 2.05) is 25.1 Å². The second-order valence-corrected chi connectivity index (χ2v) is 5.62. The molecule has 3 N–H and O–H groups in total. The van der Waals surface area contributed by atoms with Gasteiger partial charge in [-0.15, -0.1) is 0 Å². The van der Waals surface area contributed by atoms with Crippen molar-refractivity contribution in [2.75, 3.05) is 5.32 Å². The maximum atomic E-state index is 12.9. The SMILES string of the molecule is Cc1cc(-c2ccnc(NC(=O)[C@@H]3C[C@@H]3F)c2)ccc1CN. The second kappa shape index (κ2) is 5.85. The third-order valence-corrected chi connectivity index (χ3v) is 3.96. The Morgan fingerprint density at radius 3 is 2.73 bits per heavy atom. The van der Waals surface area contributed by atoms with E-state index in [0.717, 1.165) is 22.3 Å². The van der Waals surface area contributed by atoms with Gasteiger partial charge >= 0.3 is 0 Å². The van der Waals surface area contributed by atoms with Crippen LogP contribution in [0.15, 0.2) is 36.5 Å². The second-order valence-electron chi connectivity index (χ2n) is 5.62. The molecule has 2 atom stereocenters. The molecule has 0 saturated heterocycles. The van der Waals surface area contributed by atoms with Crippen LogP contribution in [-0.2, 0) is 11.3 Å². The van der Waals surface area contributed by atoms with Gasteiger partial charge in [0.1, 0.15) is 12.0 Å². The van der Waals surface area contributed by atoms with Gasteiger partial charge in [-0.1, -0.05) is 18.2 Å². The summed E-state index contributed by atoms with van der Waals surface area (Å²) in [5, 5.41) is 2.67. The highest BCUT2D eigenvalue weighted by molar-refractivity contribution is 5.94. The molecule has 1 saturated carbocycles. The number of nitrogens with two attached hydrogens (primary N) is 1. The number of anilines is 1. The van der Waals surface area contributed by atoms with Crippen LogP contribution in [0.25, 0.3) is 11.1 Å². The fourth-order valence-electron chi connectivity index (χ4n) is 2.44. The first-order chi connectivity index (χ1) is 10.6. The van der Waals surface area contributed by atoms with Crippen LogP contribution in [0.5, 0.6) is 0 Å². The number of rotatable bonds is 4. The standard InChI is InChI=1S/C17H18FN3O/c1-10-6-11(2-3-13(10)9-19)12-4-5-20-16(7-12)21-17(22)14-8-15(14)18/h2-7,14-15H,8-9,19H2,1H3,(H,20,21,22)/t14-,15+/m1/s1. The quantitative estimate of drug-likeness (QED) is 0.912. The highest BCUT2D eigenvalue weighted by Crippen LogP contribution is 2.34. The van der Waals surface area contributed by atoms with Crippen molar-refractivity contribution in [2.24, 2.45) is 11.7 Å². The largest absolute Gasteiger partial charge is 0.326 e. The summed E-state index contributed by atoms with van der Waals surface area (Å²) in [4.78, 5) is 15.9. The van der Waals surface area contributed by atoms with E-state index in [1.54, 1.807) is 12.3 Å². The van der Waals surface area contributed by atoms with Crippen LogP contribution >= 0.6 is 0 Å². The lowest BCUT2D eigenvalue weighted by Crippen LogP contribution is -2.15. The smallest absolute Gasteiger partial charge is 0.231 e. The molecule has 114 valence electrons. The molecule has 3 rings (SSSR count). The summed E-state index contributed by atoms with van der Waals surface area (Å²) in [5.41, 5.74) is 9.89. The van der Waals surface area contributed by atoms with Gasteiger partial charge in [0.25, 0.3) is 0 Å². The molecule has 1 aliphatic carbocycles. The van der Waals surface area contributed by atoms with Crippen LogP contribution in [0, 0.1) is 12.8 Å². The predicted molar refractivity (Wildman–Crippen MR) is 83.9 cm³/mol. The predicted octanol–water partition coefficient (Wildman–Crippen LogP) is 2.81. The molecular weight excluding hydrogens is 281 g/mol. The Morgan fingerprint density at radius 2 is 2.09 bits per heavy atom. The average Bonchev–Trinajstić information content (AvgIpc) is 3.24. The lowest BCUT2D eigenvalue weighted by molar-refractivity contribution is -0.117. The van der Waals surface area contributed by atoms with Gasteiger partial charge in [-0.2, -0.15) is 0 Å². The summed E-state index contributed by atoms with van der Waals surface area (Å²) in [6.45, 7) is 2.53.